The largest absolute Gasteiger partial charge is 0.491 e. The molecule has 0 aliphatic rings. The van der Waals surface area contributed by atoms with Crippen LogP contribution in [0.15, 0.2) is 84.9 Å². The van der Waals surface area contributed by atoms with Crippen LogP contribution in [0.4, 0.5) is 0 Å². The van der Waals surface area contributed by atoms with Gasteiger partial charge in [0, 0.05) is 56.7 Å². The third kappa shape index (κ3) is 9.03. The molecule has 10 nitrogen and oxygen atoms in total. The van der Waals surface area contributed by atoms with Gasteiger partial charge in [-0.3, -0.25) is 9.13 Å². The van der Waals surface area contributed by atoms with Gasteiger partial charge in [-0.25, -0.2) is 0 Å². The SMILES string of the molecule is CCOP(=O)(CCn1c2ccccc2c2cc(/C=C/c3sc(/C=C/c4ccc5c(c4)c4ccccc4n5CCP(=O)(OCC)OCC)c(OC)c3OC)ccc21)OCC. The maximum absolute atomic E-state index is 13.3. The zero-order valence-corrected chi connectivity index (χ0v) is 37.1. The Balaban J connectivity index is 1.16. The van der Waals surface area contributed by atoms with Crippen LogP contribution in [-0.4, -0.2) is 62.1 Å². The number of ether oxygens (including phenoxy) is 2. The molecule has 0 N–H and O–H groups in total. The van der Waals surface area contributed by atoms with E-state index in [4.69, 9.17) is 27.6 Å². The Bertz CT molecular complexity index is 2540. The predicted octanol–water partition coefficient (Wildman–Crippen LogP) is 12.9. The molecule has 0 unspecified atom stereocenters. The van der Waals surface area contributed by atoms with E-state index in [1.165, 1.54) is 0 Å². The van der Waals surface area contributed by atoms with Crippen molar-refractivity contribution in [3.05, 3.63) is 106 Å². The molecule has 0 fully saturated rings. The van der Waals surface area contributed by atoms with Crippen LogP contribution in [0.5, 0.6) is 11.5 Å². The van der Waals surface area contributed by atoms with Crippen molar-refractivity contribution in [1.29, 1.82) is 0 Å². The lowest BCUT2D eigenvalue weighted by Gasteiger charge is -2.18. The summed E-state index contributed by atoms with van der Waals surface area (Å²) >= 11 is 1.60. The smallest absolute Gasteiger partial charge is 0.332 e. The Morgan fingerprint density at radius 2 is 0.881 bits per heavy atom. The van der Waals surface area contributed by atoms with E-state index in [-0.39, 0.29) is 12.3 Å². The summed E-state index contributed by atoms with van der Waals surface area (Å²) < 4.78 is 65.3. The van der Waals surface area contributed by atoms with Gasteiger partial charge in [0.1, 0.15) is 0 Å². The quantitative estimate of drug-likeness (QED) is 0.0699. The van der Waals surface area contributed by atoms with E-state index in [1.54, 1.807) is 25.6 Å². The second-order valence-corrected chi connectivity index (χ2v) is 19.2. The molecule has 310 valence electrons. The molecule has 0 radical (unpaired) electrons. The minimum Gasteiger partial charge on any atom is -0.491 e. The van der Waals surface area contributed by atoms with Gasteiger partial charge in [0.25, 0.3) is 0 Å². The van der Waals surface area contributed by atoms with Gasteiger partial charge in [-0.15, -0.1) is 11.3 Å². The molecule has 7 rings (SSSR count). The van der Waals surface area contributed by atoms with Crippen molar-refractivity contribution in [3.63, 3.8) is 0 Å². The zero-order valence-electron chi connectivity index (χ0n) is 34.5. The number of methoxy groups -OCH3 is 2. The van der Waals surface area contributed by atoms with E-state index < -0.39 is 15.2 Å². The monoisotopic (exact) mass is 854 g/mol. The third-order valence-electron chi connectivity index (χ3n) is 10.2. The van der Waals surface area contributed by atoms with E-state index >= 15 is 0 Å². The second-order valence-electron chi connectivity index (χ2n) is 13.8. The van der Waals surface area contributed by atoms with Crippen molar-refractivity contribution < 1.29 is 36.7 Å². The molecule has 0 amide bonds. The van der Waals surface area contributed by atoms with Gasteiger partial charge in [-0.05, 0) is 87.4 Å². The van der Waals surface area contributed by atoms with Crippen LogP contribution in [0, 0.1) is 0 Å². The fraction of sp³-hybridized carbons (Fsp3) is 0.304. The van der Waals surface area contributed by atoms with Crippen LogP contribution < -0.4 is 9.47 Å². The summed E-state index contributed by atoms with van der Waals surface area (Å²) in [6.07, 6.45) is 8.90. The Kier molecular flexibility index (Phi) is 13.6. The second kappa shape index (κ2) is 18.9. The lowest BCUT2D eigenvalue weighted by atomic mass is 10.1. The van der Waals surface area contributed by atoms with Crippen LogP contribution in [0.2, 0.25) is 0 Å². The standard InChI is InChI=1S/C46H52N2O8P2S/c1-7-53-57(49,54-8-2)29-27-47-39-17-13-11-15-35(39)37-31-33(19-23-41(37)47)21-25-43-45(51-5)46(52-6)44(59-43)26-22-34-20-24-42-38(32-34)36-16-12-14-18-40(36)48(42)28-30-58(50,55-9-3)56-10-4/h11-26,31-32H,7-10,27-30H2,1-6H3/b25-21+,26-22+. The molecule has 3 heterocycles. The van der Waals surface area contributed by atoms with Gasteiger partial charge in [0.2, 0.25) is 0 Å². The minimum absolute atomic E-state index is 0.287. The van der Waals surface area contributed by atoms with Crippen molar-refractivity contribution in [2.45, 2.75) is 40.8 Å². The maximum atomic E-state index is 13.3. The number of hydrogen-bond acceptors (Lipinski definition) is 9. The summed E-state index contributed by atoms with van der Waals surface area (Å²) in [6.45, 7) is 9.69. The topological polar surface area (TPSA) is 99.4 Å². The van der Waals surface area contributed by atoms with Crippen LogP contribution in [0.25, 0.3) is 67.9 Å². The first kappa shape index (κ1) is 42.7. The van der Waals surface area contributed by atoms with Crippen molar-refractivity contribution in [2.24, 2.45) is 0 Å². The Labute approximate surface area is 350 Å². The summed E-state index contributed by atoms with van der Waals surface area (Å²) in [5.41, 5.74) is 6.32. The molecular weight excluding hydrogens is 803 g/mol. The Morgan fingerprint density at radius 3 is 1.25 bits per heavy atom. The summed E-state index contributed by atoms with van der Waals surface area (Å²) in [5, 5.41) is 4.47. The average molecular weight is 855 g/mol. The molecule has 3 aromatic heterocycles. The van der Waals surface area contributed by atoms with Crippen molar-refractivity contribution in [1.82, 2.24) is 9.13 Å². The highest BCUT2D eigenvalue weighted by atomic mass is 32.1. The number of hydrogen-bond donors (Lipinski definition) is 0. The van der Waals surface area contributed by atoms with Crippen LogP contribution in [0.3, 0.4) is 0 Å². The molecule has 0 aliphatic carbocycles. The normalized spacial score (nSPS) is 12.7. The number of fused-ring (bicyclic) bond motifs is 6. The van der Waals surface area contributed by atoms with E-state index in [1.807, 2.05) is 52.0 Å². The average Bonchev–Trinajstić information content (AvgIpc) is 3.87. The fourth-order valence-electron chi connectivity index (χ4n) is 7.78. The number of para-hydroxylation sites is 2. The third-order valence-corrected chi connectivity index (χ3v) is 15.4. The van der Waals surface area contributed by atoms with Gasteiger partial charge in [-0.2, -0.15) is 0 Å². The molecule has 7 aromatic rings. The van der Waals surface area contributed by atoms with Gasteiger partial charge in [0.05, 0.1) is 62.7 Å². The highest BCUT2D eigenvalue weighted by Gasteiger charge is 2.26. The highest BCUT2D eigenvalue weighted by Crippen LogP contribution is 2.50. The van der Waals surface area contributed by atoms with Gasteiger partial charge < -0.3 is 36.7 Å². The van der Waals surface area contributed by atoms with Crippen LogP contribution >= 0.6 is 26.5 Å². The number of nitrogens with zero attached hydrogens (tertiary/aromatic N) is 2. The molecular formula is C46H52N2O8P2S. The summed E-state index contributed by atoms with van der Waals surface area (Å²) in [4.78, 5) is 1.87. The molecule has 59 heavy (non-hydrogen) atoms. The predicted molar refractivity (Wildman–Crippen MR) is 246 cm³/mol. The van der Waals surface area contributed by atoms with Crippen molar-refractivity contribution in [3.8, 4) is 11.5 Å². The summed E-state index contributed by atoms with van der Waals surface area (Å²) in [5.74, 6) is 1.35. The van der Waals surface area contributed by atoms with E-state index in [0.717, 1.165) is 64.5 Å². The number of aryl methyl sites for hydroxylation is 2. The summed E-state index contributed by atoms with van der Waals surface area (Å²) in [7, 11) is -3.09. The highest BCUT2D eigenvalue weighted by molar-refractivity contribution is 7.54. The molecule has 0 saturated carbocycles. The summed E-state index contributed by atoms with van der Waals surface area (Å²) in [6, 6.07) is 29.4. The molecule has 0 aliphatic heterocycles. The zero-order chi connectivity index (χ0) is 41.6. The molecule has 13 heteroatoms. The van der Waals surface area contributed by atoms with E-state index in [2.05, 4.69) is 94.1 Å². The van der Waals surface area contributed by atoms with Gasteiger partial charge >= 0.3 is 15.2 Å². The minimum atomic E-state index is -3.21. The number of aromatic nitrogens is 2. The molecule has 4 aromatic carbocycles. The molecule has 0 atom stereocenters. The Morgan fingerprint density at radius 1 is 0.508 bits per heavy atom. The number of benzene rings is 4. The first-order chi connectivity index (χ1) is 28.7. The van der Waals surface area contributed by atoms with Gasteiger partial charge in [0.15, 0.2) is 11.5 Å². The molecule has 0 bridgehead atoms. The fourth-order valence-corrected chi connectivity index (χ4v) is 12.0. The van der Waals surface area contributed by atoms with Gasteiger partial charge in [-0.1, -0.05) is 60.7 Å². The van der Waals surface area contributed by atoms with E-state index in [9.17, 15) is 9.13 Å². The van der Waals surface area contributed by atoms with Crippen molar-refractivity contribution in [2.75, 3.05) is 53.0 Å². The Hall–Kier alpha value is -4.44. The lowest BCUT2D eigenvalue weighted by molar-refractivity contribution is 0.218. The first-order valence-corrected chi connectivity index (χ1v) is 24.3. The van der Waals surface area contributed by atoms with Crippen molar-refractivity contribution >= 4 is 94.4 Å². The molecule has 0 saturated heterocycles. The van der Waals surface area contributed by atoms with Crippen LogP contribution in [-0.2, 0) is 40.3 Å². The number of rotatable bonds is 20. The first-order valence-electron chi connectivity index (χ1n) is 20.1. The van der Waals surface area contributed by atoms with E-state index in [0.29, 0.717) is 51.0 Å². The van der Waals surface area contributed by atoms with Crippen LogP contribution in [0.1, 0.15) is 48.6 Å². The lowest BCUT2D eigenvalue weighted by Crippen LogP contribution is -2.07. The maximum Gasteiger partial charge on any atom is 0.332 e. The molecule has 0 spiro atoms. The number of thiophene rings is 1.